The van der Waals surface area contributed by atoms with E-state index in [1.165, 1.54) is 25.9 Å². The summed E-state index contributed by atoms with van der Waals surface area (Å²) in [6.45, 7) is 15.5. The molecule has 0 amide bonds. The Balaban J connectivity index is 0.000000379. The minimum absolute atomic E-state index is 0.868. The van der Waals surface area contributed by atoms with E-state index in [1.54, 1.807) is 0 Å². The van der Waals surface area contributed by atoms with E-state index in [0.29, 0.717) is 0 Å². The molecule has 2 atom stereocenters. The molecule has 3 aliphatic heterocycles. The van der Waals surface area contributed by atoms with Gasteiger partial charge in [-0.2, -0.15) is 0 Å². The summed E-state index contributed by atoms with van der Waals surface area (Å²) in [5.41, 5.74) is 0. The molecule has 0 radical (unpaired) electrons. The average Bonchev–Trinajstić information content (AvgIpc) is 2.31. The third-order valence-corrected chi connectivity index (χ3v) is 3.65. The molecule has 14 heavy (non-hydrogen) atoms. The van der Waals surface area contributed by atoms with Crippen LogP contribution >= 0.6 is 0 Å². The Hall–Kier alpha value is -0.0400. The minimum atomic E-state index is 0.868. The van der Waals surface area contributed by atoms with E-state index >= 15 is 0 Å². The summed E-state index contributed by atoms with van der Waals surface area (Å²) >= 11 is 0. The van der Waals surface area contributed by atoms with Crippen LogP contribution in [0.2, 0.25) is 0 Å². The van der Waals surface area contributed by atoms with E-state index in [-0.39, 0.29) is 0 Å². The van der Waals surface area contributed by atoms with Gasteiger partial charge in [-0.1, -0.05) is 34.6 Å². The summed E-state index contributed by atoms with van der Waals surface area (Å²) in [5.74, 6) is 2.02. The van der Waals surface area contributed by atoms with Gasteiger partial charge in [0.05, 0.1) is 0 Å². The Bertz CT molecular complexity index is 105. The Labute approximate surface area is 90.9 Å². The van der Waals surface area contributed by atoms with Crippen LogP contribution < -0.4 is 0 Å². The lowest BCUT2D eigenvalue weighted by atomic mass is 9.76. The second-order valence-corrected chi connectivity index (χ2v) is 3.97. The van der Waals surface area contributed by atoms with Crippen LogP contribution in [0, 0.1) is 11.8 Å². The van der Waals surface area contributed by atoms with Crippen LogP contribution in [0.25, 0.3) is 0 Å². The van der Waals surface area contributed by atoms with Gasteiger partial charge in [0.1, 0.15) is 0 Å². The first-order valence-electron chi connectivity index (χ1n) is 6.53. The Morgan fingerprint density at radius 2 is 1.29 bits per heavy atom. The van der Waals surface area contributed by atoms with Crippen molar-refractivity contribution in [1.82, 2.24) is 4.90 Å². The van der Waals surface area contributed by atoms with Gasteiger partial charge >= 0.3 is 0 Å². The molecule has 0 aromatic rings. The number of piperidine rings is 3. The molecule has 1 nitrogen and oxygen atoms in total. The maximum Gasteiger partial charge on any atom is 0.00952 e. The van der Waals surface area contributed by atoms with Crippen molar-refractivity contribution in [2.75, 3.05) is 13.1 Å². The Morgan fingerprint density at radius 3 is 1.50 bits per heavy atom. The first-order chi connectivity index (χ1) is 6.79. The standard InChI is InChI=1S/C9H17N.2C2H6/c1-7-8(2)10-5-3-9(7)4-6-10;2*1-2/h7-9H,3-6H2,1-2H3;2*1-2H3. The highest BCUT2D eigenvalue weighted by Crippen LogP contribution is 2.36. The van der Waals surface area contributed by atoms with Gasteiger partial charge in [0.15, 0.2) is 0 Å². The van der Waals surface area contributed by atoms with Gasteiger partial charge in [0.25, 0.3) is 0 Å². The fourth-order valence-electron chi connectivity index (χ4n) is 2.58. The zero-order valence-electron chi connectivity index (χ0n) is 11.0. The molecule has 86 valence electrons. The van der Waals surface area contributed by atoms with E-state index in [1.807, 2.05) is 27.7 Å². The first-order valence-corrected chi connectivity index (χ1v) is 6.53. The first kappa shape index (κ1) is 14.0. The van der Waals surface area contributed by atoms with E-state index in [9.17, 15) is 0 Å². The molecule has 1 heteroatoms. The summed E-state index contributed by atoms with van der Waals surface area (Å²) in [5, 5.41) is 0. The maximum atomic E-state index is 2.64. The van der Waals surface area contributed by atoms with Gasteiger partial charge in [-0.15, -0.1) is 0 Å². The number of hydrogen-bond donors (Lipinski definition) is 0. The third kappa shape index (κ3) is 2.98. The van der Waals surface area contributed by atoms with Crippen LogP contribution in [0.5, 0.6) is 0 Å². The summed E-state index contributed by atoms with van der Waals surface area (Å²) < 4.78 is 0. The van der Waals surface area contributed by atoms with Crippen LogP contribution in [-0.4, -0.2) is 24.0 Å². The van der Waals surface area contributed by atoms with E-state index in [2.05, 4.69) is 18.7 Å². The number of hydrogen-bond acceptors (Lipinski definition) is 1. The SMILES string of the molecule is CC.CC.CC1C2CCN(CC2)C1C. The molecule has 0 aromatic heterocycles. The smallest absolute Gasteiger partial charge is 0.00952 e. The second kappa shape index (κ2) is 7.28. The largest absolute Gasteiger partial charge is 0.300 e. The van der Waals surface area contributed by atoms with Gasteiger partial charge in [-0.05, 0) is 44.7 Å². The van der Waals surface area contributed by atoms with Crippen molar-refractivity contribution in [2.24, 2.45) is 11.8 Å². The van der Waals surface area contributed by atoms with Crippen LogP contribution in [0.1, 0.15) is 54.4 Å². The van der Waals surface area contributed by atoms with Crippen molar-refractivity contribution in [2.45, 2.75) is 60.4 Å². The molecule has 2 bridgehead atoms. The molecule has 3 saturated heterocycles. The topological polar surface area (TPSA) is 3.24 Å². The van der Waals surface area contributed by atoms with Gasteiger partial charge in [0.2, 0.25) is 0 Å². The minimum Gasteiger partial charge on any atom is -0.300 e. The highest BCUT2D eigenvalue weighted by Gasteiger charge is 2.36. The van der Waals surface area contributed by atoms with Crippen molar-refractivity contribution in [3.63, 3.8) is 0 Å². The molecule has 0 aromatic carbocycles. The van der Waals surface area contributed by atoms with Crippen LogP contribution in [0.15, 0.2) is 0 Å². The van der Waals surface area contributed by atoms with Crippen molar-refractivity contribution in [3.8, 4) is 0 Å². The summed E-state index contributed by atoms with van der Waals surface area (Å²) in [7, 11) is 0. The lowest BCUT2D eigenvalue weighted by Gasteiger charge is -2.48. The van der Waals surface area contributed by atoms with Crippen molar-refractivity contribution >= 4 is 0 Å². The molecule has 0 N–H and O–H groups in total. The van der Waals surface area contributed by atoms with Gasteiger partial charge in [0, 0.05) is 6.04 Å². The van der Waals surface area contributed by atoms with Crippen LogP contribution in [0.4, 0.5) is 0 Å². The van der Waals surface area contributed by atoms with Gasteiger partial charge in [-0.25, -0.2) is 0 Å². The highest BCUT2D eigenvalue weighted by molar-refractivity contribution is 4.89. The maximum absolute atomic E-state index is 2.64. The fourth-order valence-corrected chi connectivity index (χ4v) is 2.58. The van der Waals surface area contributed by atoms with E-state index in [0.717, 1.165) is 17.9 Å². The molecule has 3 rings (SSSR count). The molecule has 0 saturated carbocycles. The normalized spacial score (nSPS) is 39.0. The van der Waals surface area contributed by atoms with E-state index in [4.69, 9.17) is 0 Å². The quantitative estimate of drug-likeness (QED) is 0.574. The molecular formula is C13H29N. The molecule has 3 fully saturated rings. The van der Waals surface area contributed by atoms with Crippen molar-refractivity contribution < 1.29 is 0 Å². The zero-order valence-corrected chi connectivity index (χ0v) is 11.0. The Morgan fingerprint density at radius 1 is 0.857 bits per heavy atom. The molecular weight excluding hydrogens is 170 g/mol. The lowest BCUT2D eigenvalue weighted by molar-refractivity contribution is 0.00795. The lowest BCUT2D eigenvalue weighted by Crippen LogP contribution is -2.52. The van der Waals surface area contributed by atoms with Crippen molar-refractivity contribution in [1.29, 1.82) is 0 Å². The third-order valence-electron chi connectivity index (χ3n) is 3.65. The number of fused-ring (bicyclic) bond motifs is 3. The van der Waals surface area contributed by atoms with Gasteiger partial charge < -0.3 is 4.90 Å². The van der Waals surface area contributed by atoms with E-state index < -0.39 is 0 Å². The summed E-state index contributed by atoms with van der Waals surface area (Å²) in [6.07, 6.45) is 2.93. The van der Waals surface area contributed by atoms with Crippen LogP contribution in [0.3, 0.4) is 0 Å². The fraction of sp³-hybridized carbons (Fsp3) is 1.00. The zero-order chi connectivity index (χ0) is 11.1. The molecule has 3 heterocycles. The van der Waals surface area contributed by atoms with Gasteiger partial charge in [-0.3, -0.25) is 0 Å². The molecule has 0 spiro atoms. The predicted octanol–water partition coefficient (Wildman–Crippen LogP) is 3.79. The average molecular weight is 199 g/mol. The molecule has 2 unspecified atom stereocenters. The monoisotopic (exact) mass is 199 g/mol. The Kier molecular flexibility index (Phi) is 7.26. The summed E-state index contributed by atoms with van der Waals surface area (Å²) in [4.78, 5) is 2.64. The number of nitrogens with zero attached hydrogens (tertiary/aromatic N) is 1. The summed E-state index contributed by atoms with van der Waals surface area (Å²) in [6, 6.07) is 0.868. The van der Waals surface area contributed by atoms with Crippen LogP contribution in [-0.2, 0) is 0 Å². The predicted molar refractivity (Wildman–Crippen MR) is 65.6 cm³/mol. The second-order valence-electron chi connectivity index (χ2n) is 3.97. The molecule has 0 aliphatic carbocycles. The highest BCUT2D eigenvalue weighted by atomic mass is 15.2. The molecule has 3 aliphatic rings. The van der Waals surface area contributed by atoms with Crippen molar-refractivity contribution in [3.05, 3.63) is 0 Å². The number of rotatable bonds is 0.